The van der Waals surface area contributed by atoms with Gasteiger partial charge in [0.15, 0.2) is 0 Å². The fourth-order valence-electron chi connectivity index (χ4n) is 2.10. The summed E-state index contributed by atoms with van der Waals surface area (Å²) in [5.74, 6) is -0.994. The molecule has 0 spiro atoms. The molecule has 100 valence electrons. The van der Waals surface area contributed by atoms with Crippen molar-refractivity contribution < 1.29 is 9.90 Å². The van der Waals surface area contributed by atoms with Crippen LogP contribution in [0, 0.1) is 13.8 Å². The summed E-state index contributed by atoms with van der Waals surface area (Å²) >= 11 is 0. The maximum atomic E-state index is 10.9. The summed E-state index contributed by atoms with van der Waals surface area (Å²) in [6, 6.07) is 8.84. The van der Waals surface area contributed by atoms with E-state index >= 15 is 0 Å². The molecule has 0 aliphatic rings. The van der Waals surface area contributed by atoms with Crippen molar-refractivity contribution >= 4 is 5.97 Å². The number of carboxylic acid groups (broad SMARTS) is 1. The van der Waals surface area contributed by atoms with E-state index < -0.39 is 12.0 Å². The van der Waals surface area contributed by atoms with Crippen molar-refractivity contribution in [3.05, 3.63) is 47.3 Å². The maximum absolute atomic E-state index is 10.9. The molecule has 0 bridgehead atoms. The van der Waals surface area contributed by atoms with Crippen LogP contribution in [-0.4, -0.2) is 26.9 Å². The summed E-state index contributed by atoms with van der Waals surface area (Å²) < 4.78 is 1.82. The Morgan fingerprint density at radius 3 is 2.58 bits per heavy atom. The summed E-state index contributed by atoms with van der Waals surface area (Å²) in [4.78, 5) is 10.9. The normalized spacial score (nSPS) is 12.4. The number of carbonyl (C=O) groups is 1. The second-order valence-electron chi connectivity index (χ2n) is 4.55. The van der Waals surface area contributed by atoms with Gasteiger partial charge in [0, 0.05) is 12.1 Å². The topological polar surface area (TPSA) is 81.1 Å². The number of aromatic nitrogens is 2. The van der Waals surface area contributed by atoms with Crippen molar-refractivity contribution in [1.29, 1.82) is 0 Å². The second-order valence-corrected chi connectivity index (χ2v) is 4.55. The van der Waals surface area contributed by atoms with Gasteiger partial charge in [-0.3, -0.25) is 4.79 Å². The number of hydrogen-bond acceptors (Lipinski definition) is 3. The summed E-state index contributed by atoms with van der Waals surface area (Å²) in [5.41, 5.74) is 9.20. The van der Waals surface area contributed by atoms with Crippen molar-refractivity contribution in [2.45, 2.75) is 26.3 Å². The smallest absolute Gasteiger partial charge is 0.320 e. The molecule has 2 aromatic rings. The molecule has 3 N–H and O–H groups in total. The molecule has 0 aliphatic carbocycles. The Bertz CT molecular complexity index is 590. The van der Waals surface area contributed by atoms with Gasteiger partial charge in [0.1, 0.15) is 6.04 Å². The zero-order chi connectivity index (χ0) is 14.0. The SMILES string of the molecule is Cc1nn(-c2ccccc2)c(C)c1CC(N)C(=O)O. The number of nitrogens with two attached hydrogens (primary N) is 1. The Balaban J connectivity index is 2.38. The summed E-state index contributed by atoms with van der Waals surface area (Å²) in [6.07, 6.45) is 0.292. The molecule has 0 amide bonds. The van der Waals surface area contributed by atoms with Crippen molar-refractivity contribution in [2.24, 2.45) is 5.73 Å². The molecule has 0 radical (unpaired) electrons. The fourth-order valence-corrected chi connectivity index (χ4v) is 2.10. The lowest BCUT2D eigenvalue weighted by Gasteiger charge is -2.07. The van der Waals surface area contributed by atoms with Crippen LogP contribution in [-0.2, 0) is 11.2 Å². The van der Waals surface area contributed by atoms with Crippen LogP contribution in [0.15, 0.2) is 30.3 Å². The second kappa shape index (κ2) is 5.24. The first kappa shape index (κ1) is 13.3. The highest BCUT2D eigenvalue weighted by molar-refractivity contribution is 5.73. The average molecular weight is 259 g/mol. The van der Waals surface area contributed by atoms with Gasteiger partial charge in [0.25, 0.3) is 0 Å². The summed E-state index contributed by atoms with van der Waals surface area (Å²) in [6.45, 7) is 3.80. The van der Waals surface area contributed by atoms with Crippen LogP contribution in [0.2, 0.25) is 0 Å². The molecule has 1 aromatic heterocycles. The van der Waals surface area contributed by atoms with E-state index in [9.17, 15) is 4.79 Å². The third kappa shape index (κ3) is 2.66. The van der Waals surface area contributed by atoms with Gasteiger partial charge in [-0.2, -0.15) is 5.10 Å². The van der Waals surface area contributed by atoms with Gasteiger partial charge in [-0.25, -0.2) is 4.68 Å². The van der Waals surface area contributed by atoms with Crippen LogP contribution in [0.1, 0.15) is 17.0 Å². The lowest BCUT2D eigenvalue weighted by Crippen LogP contribution is -2.32. The van der Waals surface area contributed by atoms with E-state index in [2.05, 4.69) is 5.10 Å². The van der Waals surface area contributed by atoms with Crippen molar-refractivity contribution in [1.82, 2.24) is 9.78 Å². The van der Waals surface area contributed by atoms with E-state index in [0.29, 0.717) is 6.42 Å². The molecule has 1 aromatic carbocycles. The number of para-hydroxylation sites is 1. The van der Waals surface area contributed by atoms with Gasteiger partial charge in [-0.15, -0.1) is 0 Å². The quantitative estimate of drug-likeness (QED) is 0.870. The Morgan fingerprint density at radius 2 is 2.00 bits per heavy atom. The van der Waals surface area contributed by atoms with Crippen molar-refractivity contribution in [2.75, 3.05) is 0 Å². The minimum atomic E-state index is -0.994. The Morgan fingerprint density at radius 1 is 1.37 bits per heavy atom. The lowest BCUT2D eigenvalue weighted by atomic mass is 10.0. The standard InChI is InChI=1S/C14H17N3O2/c1-9-12(8-13(15)14(18)19)10(2)17(16-9)11-6-4-3-5-7-11/h3-7,13H,8,15H2,1-2H3,(H,18,19). The number of hydrogen-bond donors (Lipinski definition) is 2. The Hall–Kier alpha value is -2.14. The zero-order valence-corrected chi connectivity index (χ0v) is 11.0. The lowest BCUT2D eigenvalue weighted by molar-refractivity contribution is -0.138. The fraction of sp³-hybridized carbons (Fsp3) is 0.286. The highest BCUT2D eigenvalue weighted by Gasteiger charge is 2.19. The van der Waals surface area contributed by atoms with Crippen LogP contribution < -0.4 is 5.73 Å². The van der Waals surface area contributed by atoms with Crippen LogP contribution >= 0.6 is 0 Å². The molecule has 2 rings (SSSR count). The number of benzene rings is 1. The van der Waals surface area contributed by atoms with Gasteiger partial charge < -0.3 is 10.8 Å². The molecule has 1 heterocycles. The predicted octanol–water partition coefficient (Wildman–Crippen LogP) is 1.44. The summed E-state index contributed by atoms with van der Waals surface area (Å²) in [5, 5.41) is 13.4. The van der Waals surface area contributed by atoms with Gasteiger partial charge in [0.05, 0.1) is 11.4 Å². The molecular formula is C14H17N3O2. The first-order valence-electron chi connectivity index (χ1n) is 6.09. The van der Waals surface area contributed by atoms with Crippen molar-refractivity contribution in [3.63, 3.8) is 0 Å². The molecule has 1 atom stereocenters. The molecule has 5 nitrogen and oxygen atoms in total. The third-order valence-electron chi connectivity index (χ3n) is 3.18. The first-order chi connectivity index (χ1) is 9.00. The van der Waals surface area contributed by atoms with Crippen molar-refractivity contribution in [3.8, 4) is 5.69 Å². The molecular weight excluding hydrogens is 242 g/mol. The Labute approximate surface area is 111 Å². The molecule has 0 saturated carbocycles. The Kier molecular flexibility index (Phi) is 3.66. The van der Waals surface area contributed by atoms with Gasteiger partial charge in [-0.1, -0.05) is 18.2 Å². The molecule has 0 saturated heterocycles. The maximum Gasteiger partial charge on any atom is 0.320 e. The van der Waals surface area contributed by atoms with Crippen LogP contribution in [0.3, 0.4) is 0 Å². The van der Waals surface area contributed by atoms with Gasteiger partial charge in [0.2, 0.25) is 0 Å². The minimum Gasteiger partial charge on any atom is -0.480 e. The molecule has 19 heavy (non-hydrogen) atoms. The van der Waals surface area contributed by atoms with Gasteiger partial charge >= 0.3 is 5.97 Å². The molecule has 0 aliphatic heterocycles. The van der Waals surface area contributed by atoms with E-state index in [-0.39, 0.29) is 0 Å². The monoisotopic (exact) mass is 259 g/mol. The minimum absolute atomic E-state index is 0.292. The molecule has 0 fully saturated rings. The number of nitrogens with zero attached hydrogens (tertiary/aromatic N) is 2. The highest BCUT2D eigenvalue weighted by atomic mass is 16.4. The highest BCUT2D eigenvalue weighted by Crippen LogP contribution is 2.18. The van der Waals surface area contributed by atoms with Crippen LogP contribution in [0.25, 0.3) is 5.69 Å². The zero-order valence-electron chi connectivity index (χ0n) is 11.0. The van der Waals surface area contributed by atoms with Crippen LogP contribution in [0.4, 0.5) is 0 Å². The van der Waals surface area contributed by atoms with Gasteiger partial charge in [-0.05, 0) is 31.5 Å². The molecule has 1 unspecified atom stereocenters. The van der Waals surface area contributed by atoms with E-state index in [1.165, 1.54) is 0 Å². The average Bonchev–Trinajstić information content (AvgIpc) is 2.67. The van der Waals surface area contributed by atoms with E-state index in [1.54, 1.807) is 0 Å². The first-order valence-corrected chi connectivity index (χ1v) is 6.09. The van der Waals surface area contributed by atoms with E-state index in [4.69, 9.17) is 10.8 Å². The van der Waals surface area contributed by atoms with E-state index in [1.807, 2.05) is 48.9 Å². The third-order valence-corrected chi connectivity index (χ3v) is 3.18. The predicted molar refractivity (Wildman–Crippen MR) is 72.4 cm³/mol. The molecule has 5 heteroatoms. The largest absolute Gasteiger partial charge is 0.480 e. The number of rotatable bonds is 4. The summed E-state index contributed by atoms with van der Waals surface area (Å²) in [7, 11) is 0. The number of carboxylic acids is 1. The number of aliphatic carboxylic acids is 1. The number of aryl methyl sites for hydroxylation is 1. The van der Waals surface area contributed by atoms with Crippen LogP contribution in [0.5, 0.6) is 0 Å². The van der Waals surface area contributed by atoms with E-state index in [0.717, 1.165) is 22.6 Å².